The van der Waals surface area contributed by atoms with Gasteiger partial charge in [-0.05, 0) is 122 Å². The number of nitrogens with one attached hydrogen (secondary N) is 6. The molecule has 15 heteroatoms. The largest absolute Gasteiger partial charge is 0.486 e. The van der Waals surface area contributed by atoms with Gasteiger partial charge in [0.1, 0.15) is 30.4 Å². The number of imidazole rings is 1. The summed E-state index contributed by atoms with van der Waals surface area (Å²) in [6.07, 6.45) is 18.5. The highest BCUT2D eigenvalue weighted by Gasteiger charge is 2.30. The fourth-order valence-electron chi connectivity index (χ4n) is 9.05. The molecule has 9 aromatic rings. The molecule has 2 unspecified atom stereocenters. The summed E-state index contributed by atoms with van der Waals surface area (Å²) in [5.74, 6) is 5.86. The van der Waals surface area contributed by atoms with Gasteiger partial charge in [0, 0.05) is 61.7 Å². The first-order valence-corrected chi connectivity index (χ1v) is 25.1. The zero-order valence-electron chi connectivity index (χ0n) is 41.1. The van der Waals surface area contributed by atoms with Crippen LogP contribution in [0.3, 0.4) is 0 Å². The van der Waals surface area contributed by atoms with E-state index in [2.05, 4.69) is 81.0 Å². The van der Waals surface area contributed by atoms with Gasteiger partial charge in [-0.25, -0.2) is 9.97 Å². The molecule has 1 saturated heterocycles. The van der Waals surface area contributed by atoms with Crippen LogP contribution in [0.1, 0.15) is 101 Å². The van der Waals surface area contributed by atoms with E-state index in [1.165, 1.54) is 60.4 Å². The van der Waals surface area contributed by atoms with Crippen molar-refractivity contribution in [2.75, 3.05) is 55.5 Å². The van der Waals surface area contributed by atoms with Crippen molar-refractivity contribution in [1.29, 1.82) is 0 Å². The molecule has 6 aliphatic heterocycles. The first-order chi connectivity index (χ1) is 36.2. The molecule has 16 rings (SSSR count). The van der Waals surface area contributed by atoms with E-state index in [4.69, 9.17) is 14.2 Å². The number of H-pyrrole nitrogens is 1. The van der Waals surface area contributed by atoms with Gasteiger partial charge in [0.2, 0.25) is 0 Å². The predicted octanol–water partition coefficient (Wildman–Crippen LogP) is 15.3. The van der Waals surface area contributed by atoms with Gasteiger partial charge in [-0.1, -0.05) is 145 Å². The van der Waals surface area contributed by atoms with E-state index in [-0.39, 0.29) is 59.4 Å². The lowest BCUT2D eigenvalue weighted by Crippen LogP contribution is -2.14. The fourth-order valence-corrected chi connectivity index (χ4v) is 9.05. The molecule has 0 radical (unpaired) electrons. The lowest BCUT2D eigenvalue weighted by molar-refractivity contribution is 0.171. The zero-order valence-corrected chi connectivity index (χ0v) is 41.1. The number of para-hydroxylation sites is 6. The number of benzene rings is 4. The number of pyridine rings is 3. The van der Waals surface area contributed by atoms with Crippen molar-refractivity contribution in [2.24, 2.45) is 16.8 Å². The van der Waals surface area contributed by atoms with Crippen molar-refractivity contribution in [3.63, 3.8) is 0 Å². The summed E-state index contributed by atoms with van der Waals surface area (Å²) in [6, 6.07) is 45.9. The minimum Gasteiger partial charge on any atom is -0.486 e. The van der Waals surface area contributed by atoms with Gasteiger partial charge in [-0.15, -0.1) is 0 Å². The number of anilines is 3. The van der Waals surface area contributed by atoms with Gasteiger partial charge < -0.3 is 45.2 Å². The van der Waals surface area contributed by atoms with Crippen molar-refractivity contribution in [3.8, 4) is 17.2 Å². The van der Waals surface area contributed by atoms with Crippen LogP contribution >= 0.6 is 0 Å². The van der Waals surface area contributed by atoms with Crippen molar-refractivity contribution < 1.29 is 14.2 Å². The van der Waals surface area contributed by atoms with Gasteiger partial charge in [0.15, 0.2) is 18.2 Å². The second-order valence-electron chi connectivity index (χ2n) is 17.7. The van der Waals surface area contributed by atoms with E-state index in [0.717, 1.165) is 89.7 Å². The van der Waals surface area contributed by atoms with Crippen LogP contribution in [0.15, 0.2) is 182 Å². The summed E-state index contributed by atoms with van der Waals surface area (Å²) >= 11 is 0. The van der Waals surface area contributed by atoms with E-state index in [9.17, 15) is 0 Å². The summed E-state index contributed by atoms with van der Waals surface area (Å²) in [5, 5.41) is 23.9. The van der Waals surface area contributed by atoms with Crippen LogP contribution in [0.5, 0.6) is 17.2 Å². The molecule has 6 N–H and O–H groups in total. The van der Waals surface area contributed by atoms with E-state index in [1.807, 2.05) is 151 Å². The van der Waals surface area contributed by atoms with E-state index in [0.29, 0.717) is 19.9 Å². The number of hydrogen-bond donors (Lipinski definition) is 6. The zero-order chi connectivity index (χ0) is 49.5. The number of aliphatic imine (C=N–C) groups is 1. The molecule has 0 amide bonds. The molecule has 7 aliphatic rings. The molecule has 1 aliphatic carbocycles. The number of aromatic amines is 1. The number of ether oxygens (including phenoxy) is 3. The van der Waals surface area contributed by atoms with Crippen molar-refractivity contribution >= 4 is 40.1 Å². The Balaban J connectivity index is 0.000000457. The predicted molar refractivity (Wildman–Crippen MR) is 345 cm³/mol. The highest BCUT2D eigenvalue weighted by molar-refractivity contribution is 5.79. The average Bonchev–Trinajstić information content (AvgIpc) is 4.32. The molecule has 15 nitrogen and oxygen atoms in total. The number of rotatable bonds is 0. The Morgan fingerprint density at radius 2 is 1.16 bits per heavy atom. The van der Waals surface area contributed by atoms with E-state index in [1.54, 1.807) is 12.5 Å². The molecule has 438 valence electrons. The molecule has 0 spiro atoms. The first kappa shape index (κ1) is 70.7. The minimum absolute atomic E-state index is 0. The minimum atomic E-state index is 0. The monoisotopic (exact) mass is 1100 g/mol. The molecular weight excluding hydrogens is 1010 g/mol. The Kier molecular flexibility index (Phi) is 33.5. The number of hydrogen-bond acceptors (Lipinski definition) is 13. The SMILES string of the molecule is C.C.C.C.C.C.C.C.C1=NCc2ccccc2N1.C1CC2CNCC2C1.c1ccc2[nH]ncc2c1.c1ccc2c(c1)NCO2.c1ccc2c(c1)OCCO2.c1ccn2ccnc2c1.c1cnc2c(c1)CCN2.c1cnc2c(c1)CNC2. The van der Waals surface area contributed by atoms with Gasteiger partial charge >= 0.3 is 0 Å². The third-order valence-electron chi connectivity index (χ3n) is 12.9. The van der Waals surface area contributed by atoms with Crippen LogP contribution in [-0.4, -0.2) is 75.5 Å². The molecule has 11 heterocycles. The van der Waals surface area contributed by atoms with Crippen molar-refractivity contribution in [1.82, 2.24) is 40.2 Å². The quantitative estimate of drug-likeness (QED) is 0.0850. The Bertz CT molecular complexity index is 2720. The highest BCUT2D eigenvalue weighted by Crippen LogP contribution is 2.33. The Hall–Kier alpha value is -8.27. The maximum atomic E-state index is 5.30. The normalized spacial score (nSPS) is 15.2. The lowest BCUT2D eigenvalue weighted by atomic mass is 10.0. The standard InChI is InChI=1S/C8H8N2.C8H8O2.2C7H8N2.2C7H6N2.C7H7NO.C7H13N.8CH4/c1-2-4-8-7(3-1)5-9-6-10-8;1-2-4-8-7(3-1)9-5-6-10-8;1-2-6-3-5-9-7(6)8-4-1;1-2-6-4-8-5-7(6)9-3-1;1-2-5-9-6-4-8-7(9)3-1;1-2-4-7-6(3-1)5-8-9-7;1-2-4-7-6(3-1)8-5-9-7;1-2-6-4-8-5-7(6)3-1;;;;;;;;/h1-4,6H,5H2,(H,9,10);1-4H,5-6H2;1-2,4H,3,5H2,(H,8,9);1-3,8H,4-5H2;1-6H;1-5H,(H,8,9);1-4,8H,5H2;6-8H,1-5H2;8*1H4. The Morgan fingerprint density at radius 1 is 0.519 bits per heavy atom. The van der Waals surface area contributed by atoms with E-state index >= 15 is 0 Å². The van der Waals surface area contributed by atoms with Gasteiger partial charge in [0.05, 0.1) is 36.0 Å². The lowest BCUT2D eigenvalue weighted by Gasteiger charge is -2.17. The number of nitrogens with zero attached hydrogens (tertiary/aromatic N) is 6. The summed E-state index contributed by atoms with van der Waals surface area (Å²) in [5.41, 5.74) is 9.53. The van der Waals surface area contributed by atoms with E-state index < -0.39 is 0 Å². The maximum absolute atomic E-state index is 5.30. The van der Waals surface area contributed by atoms with Crippen molar-refractivity contribution in [3.05, 3.63) is 199 Å². The molecular formula is C66H96N12O3. The average molecular weight is 1110 g/mol. The molecule has 81 heavy (non-hydrogen) atoms. The third kappa shape index (κ3) is 21.0. The molecule has 2 atom stereocenters. The molecule has 1 saturated carbocycles. The van der Waals surface area contributed by atoms with Crippen LogP contribution in [0.2, 0.25) is 0 Å². The summed E-state index contributed by atoms with van der Waals surface area (Å²) in [4.78, 5) is 16.5. The van der Waals surface area contributed by atoms with Crippen molar-refractivity contribution in [2.45, 2.75) is 105 Å². The van der Waals surface area contributed by atoms with Crippen LogP contribution in [0.25, 0.3) is 16.6 Å². The fraction of sp³-hybridized carbons (Fsp3) is 0.348. The molecule has 5 aromatic heterocycles. The second-order valence-corrected chi connectivity index (χ2v) is 17.7. The van der Waals surface area contributed by atoms with Gasteiger partial charge in [0.25, 0.3) is 0 Å². The highest BCUT2D eigenvalue weighted by atomic mass is 16.6. The smallest absolute Gasteiger partial charge is 0.161 e. The maximum Gasteiger partial charge on any atom is 0.161 e. The summed E-state index contributed by atoms with van der Waals surface area (Å²) in [7, 11) is 0. The summed E-state index contributed by atoms with van der Waals surface area (Å²) in [6.45, 7) is 8.34. The van der Waals surface area contributed by atoms with Crippen LogP contribution in [0, 0.1) is 11.8 Å². The first-order valence-electron chi connectivity index (χ1n) is 25.1. The molecule has 0 bridgehead atoms. The molecule has 2 fully saturated rings. The third-order valence-corrected chi connectivity index (χ3v) is 12.9. The Labute approximate surface area is 485 Å². The summed E-state index contributed by atoms with van der Waals surface area (Å²) < 4.78 is 17.8. The van der Waals surface area contributed by atoms with Crippen LogP contribution < -0.4 is 40.8 Å². The molecule has 4 aromatic carbocycles. The topological polar surface area (TPSA) is 172 Å². The number of aromatic nitrogens is 6. The number of fused-ring (bicyclic) bond motifs is 8. The van der Waals surface area contributed by atoms with Crippen LogP contribution in [-0.2, 0) is 26.1 Å². The Morgan fingerprint density at radius 3 is 1.85 bits per heavy atom. The second kappa shape index (κ2) is 38.4. The van der Waals surface area contributed by atoms with Crippen LogP contribution in [0.4, 0.5) is 17.2 Å². The van der Waals surface area contributed by atoms with Gasteiger partial charge in [-0.3, -0.25) is 15.1 Å². The van der Waals surface area contributed by atoms with Gasteiger partial charge in [-0.2, -0.15) is 5.10 Å².